The van der Waals surface area contributed by atoms with Gasteiger partial charge in [-0.15, -0.1) is 10.2 Å². The molecular formula is C24H31N7O. The maximum absolute atomic E-state index is 12.4. The molecule has 1 aromatic carbocycles. The minimum Gasteiger partial charge on any atom is -0.368 e. The molecule has 8 nitrogen and oxygen atoms in total. The first kappa shape index (κ1) is 21.9. The summed E-state index contributed by atoms with van der Waals surface area (Å²) in [5.41, 5.74) is 3.65. The van der Waals surface area contributed by atoms with Gasteiger partial charge in [0.2, 0.25) is 0 Å². The predicted molar refractivity (Wildman–Crippen MR) is 125 cm³/mol. The summed E-state index contributed by atoms with van der Waals surface area (Å²) in [6.45, 7) is 7.71. The summed E-state index contributed by atoms with van der Waals surface area (Å²) in [6.07, 6.45) is 6.19. The standard InChI is InChI=1S/C24H31N7O/c1-3-4-22(18(2)32)23(24-26-28-29-27-24)17-19-5-7-20(8-6-19)30-13-15-31(16-14-30)21-9-11-25-12-10-21/h5-12,22-23H,3-4,13-17H2,1-2H3,(H,26,27,28,29)/t22-,23+/m1/s1. The molecule has 0 spiro atoms. The maximum Gasteiger partial charge on any atom is 0.178 e. The first-order valence-corrected chi connectivity index (χ1v) is 11.4. The van der Waals surface area contributed by atoms with E-state index in [0.29, 0.717) is 5.82 Å². The van der Waals surface area contributed by atoms with Crippen LogP contribution in [0.4, 0.5) is 11.4 Å². The second-order valence-corrected chi connectivity index (χ2v) is 8.43. The number of hydrogen-bond donors (Lipinski definition) is 1. The Morgan fingerprint density at radius 2 is 1.62 bits per heavy atom. The predicted octanol–water partition coefficient (Wildman–Crippen LogP) is 3.25. The summed E-state index contributed by atoms with van der Waals surface area (Å²) >= 11 is 0. The molecule has 0 saturated carbocycles. The van der Waals surface area contributed by atoms with Crippen molar-refractivity contribution in [2.24, 2.45) is 5.92 Å². The minimum absolute atomic E-state index is 0.0686. The smallest absolute Gasteiger partial charge is 0.178 e. The van der Waals surface area contributed by atoms with Gasteiger partial charge in [0.05, 0.1) is 0 Å². The van der Waals surface area contributed by atoms with Crippen LogP contribution in [0, 0.1) is 5.92 Å². The fraction of sp³-hybridized carbons (Fsp3) is 0.458. The van der Waals surface area contributed by atoms with Gasteiger partial charge in [-0.25, -0.2) is 0 Å². The molecule has 1 aliphatic rings. The highest BCUT2D eigenvalue weighted by Crippen LogP contribution is 2.31. The van der Waals surface area contributed by atoms with Crippen molar-refractivity contribution in [1.29, 1.82) is 0 Å². The van der Waals surface area contributed by atoms with E-state index in [4.69, 9.17) is 0 Å². The number of ketones is 1. The van der Waals surface area contributed by atoms with E-state index in [1.54, 1.807) is 6.92 Å². The van der Waals surface area contributed by atoms with E-state index in [0.717, 1.165) is 45.4 Å². The highest BCUT2D eigenvalue weighted by atomic mass is 16.1. The number of rotatable bonds is 9. The van der Waals surface area contributed by atoms with Gasteiger partial charge in [0.1, 0.15) is 5.78 Å². The number of anilines is 2. The second kappa shape index (κ2) is 10.3. The van der Waals surface area contributed by atoms with Crippen LogP contribution in [0.15, 0.2) is 48.8 Å². The van der Waals surface area contributed by atoms with Gasteiger partial charge in [0, 0.05) is 61.8 Å². The number of nitrogens with one attached hydrogen (secondary N) is 1. The van der Waals surface area contributed by atoms with Crippen LogP contribution in [0.1, 0.15) is 44.0 Å². The van der Waals surface area contributed by atoms with Crippen LogP contribution >= 0.6 is 0 Å². The van der Waals surface area contributed by atoms with Crippen LogP contribution in [-0.2, 0) is 11.2 Å². The molecule has 168 valence electrons. The quantitative estimate of drug-likeness (QED) is 0.554. The SMILES string of the molecule is CCC[C@H](C(C)=O)[C@H](Cc1ccc(N2CCN(c3ccncc3)CC2)cc1)c1nn[nH]n1. The topological polar surface area (TPSA) is 90.9 Å². The summed E-state index contributed by atoms with van der Waals surface area (Å²) < 4.78 is 0. The summed E-state index contributed by atoms with van der Waals surface area (Å²) in [5, 5.41) is 14.7. The summed E-state index contributed by atoms with van der Waals surface area (Å²) in [7, 11) is 0. The molecule has 0 radical (unpaired) electrons. The molecule has 1 fully saturated rings. The molecule has 1 N–H and O–H groups in total. The molecule has 3 aromatic rings. The number of hydrogen-bond acceptors (Lipinski definition) is 7. The second-order valence-electron chi connectivity index (χ2n) is 8.43. The van der Waals surface area contributed by atoms with E-state index in [9.17, 15) is 4.79 Å². The molecule has 2 aromatic heterocycles. The molecule has 1 aliphatic heterocycles. The zero-order valence-corrected chi connectivity index (χ0v) is 18.8. The lowest BCUT2D eigenvalue weighted by molar-refractivity contribution is -0.121. The molecule has 0 amide bonds. The number of piperazine rings is 1. The molecular weight excluding hydrogens is 402 g/mol. The molecule has 8 heteroatoms. The number of nitrogens with zero attached hydrogens (tertiary/aromatic N) is 6. The lowest BCUT2D eigenvalue weighted by atomic mass is 9.81. The number of benzene rings is 1. The number of aromatic nitrogens is 5. The van der Waals surface area contributed by atoms with E-state index >= 15 is 0 Å². The Labute approximate surface area is 189 Å². The average Bonchev–Trinajstić information content (AvgIpc) is 3.37. The van der Waals surface area contributed by atoms with Crippen LogP contribution in [0.2, 0.25) is 0 Å². The summed E-state index contributed by atoms with van der Waals surface area (Å²) in [6, 6.07) is 12.8. The molecule has 0 unspecified atom stereocenters. The van der Waals surface area contributed by atoms with Crippen molar-refractivity contribution < 1.29 is 4.79 Å². The molecule has 3 heterocycles. The van der Waals surface area contributed by atoms with E-state index in [2.05, 4.69) is 78.7 Å². The largest absolute Gasteiger partial charge is 0.368 e. The maximum atomic E-state index is 12.4. The zero-order valence-electron chi connectivity index (χ0n) is 18.8. The van der Waals surface area contributed by atoms with Crippen LogP contribution in [0.5, 0.6) is 0 Å². The summed E-state index contributed by atoms with van der Waals surface area (Å²) in [5.74, 6) is 0.639. The number of carbonyl (C=O) groups excluding carboxylic acids is 1. The van der Waals surface area contributed by atoms with Gasteiger partial charge in [-0.05, 0) is 49.6 Å². The van der Waals surface area contributed by atoms with Crippen LogP contribution in [-0.4, -0.2) is 57.6 Å². The van der Waals surface area contributed by atoms with Gasteiger partial charge in [-0.1, -0.05) is 30.7 Å². The third kappa shape index (κ3) is 5.12. The fourth-order valence-corrected chi connectivity index (χ4v) is 4.61. The Hall–Kier alpha value is -3.29. The van der Waals surface area contributed by atoms with Crippen molar-refractivity contribution in [2.45, 2.75) is 39.0 Å². The summed E-state index contributed by atoms with van der Waals surface area (Å²) in [4.78, 5) is 21.3. The van der Waals surface area contributed by atoms with Crippen molar-refractivity contribution in [3.8, 4) is 0 Å². The van der Waals surface area contributed by atoms with Gasteiger partial charge in [0.15, 0.2) is 5.82 Å². The Morgan fingerprint density at radius 1 is 1.00 bits per heavy atom. The molecule has 0 bridgehead atoms. The van der Waals surface area contributed by atoms with E-state index < -0.39 is 0 Å². The van der Waals surface area contributed by atoms with E-state index in [1.165, 1.54) is 16.9 Å². The number of tetrazole rings is 1. The Morgan fingerprint density at radius 3 is 2.16 bits per heavy atom. The fourth-order valence-electron chi connectivity index (χ4n) is 4.61. The number of H-pyrrole nitrogens is 1. The molecule has 4 rings (SSSR count). The highest BCUT2D eigenvalue weighted by Gasteiger charge is 2.30. The number of pyridine rings is 1. The van der Waals surface area contributed by atoms with Gasteiger partial charge in [-0.2, -0.15) is 5.21 Å². The molecule has 2 atom stereocenters. The lowest BCUT2D eigenvalue weighted by Crippen LogP contribution is -2.46. The first-order valence-electron chi connectivity index (χ1n) is 11.4. The zero-order chi connectivity index (χ0) is 22.3. The van der Waals surface area contributed by atoms with Gasteiger partial charge < -0.3 is 9.80 Å². The lowest BCUT2D eigenvalue weighted by Gasteiger charge is -2.37. The Kier molecular flexibility index (Phi) is 7.09. The first-order chi connectivity index (χ1) is 15.7. The van der Waals surface area contributed by atoms with Gasteiger partial charge in [-0.3, -0.25) is 9.78 Å². The molecule has 32 heavy (non-hydrogen) atoms. The number of Topliss-reactive ketones (excluding diaryl/α,β-unsaturated/α-hetero) is 1. The third-order valence-corrected chi connectivity index (χ3v) is 6.37. The molecule has 0 aliphatic carbocycles. The molecule has 1 saturated heterocycles. The van der Waals surface area contributed by atoms with Crippen molar-refractivity contribution >= 4 is 17.2 Å². The Balaban J connectivity index is 1.42. The average molecular weight is 434 g/mol. The van der Waals surface area contributed by atoms with E-state index in [1.807, 2.05) is 12.4 Å². The van der Waals surface area contributed by atoms with E-state index in [-0.39, 0.29) is 17.6 Å². The van der Waals surface area contributed by atoms with Crippen molar-refractivity contribution in [2.75, 3.05) is 36.0 Å². The monoisotopic (exact) mass is 433 g/mol. The number of carbonyl (C=O) groups is 1. The van der Waals surface area contributed by atoms with Gasteiger partial charge >= 0.3 is 0 Å². The number of aromatic amines is 1. The van der Waals surface area contributed by atoms with Crippen molar-refractivity contribution in [3.63, 3.8) is 0 Å². The Bertz CT molecular complexity index is 967. The van der Waals surface area contributed by atoms with Gasteiger partial charge in [0.25, 0.3) is 0 Å². The normalized spacial score (nSPS) is 16.1. The minimum atomic E-state index is -0.0986. The third-order valence-electron chi connectivity index (χ3n) is 6.37. The van der Waals surface area contributed by atoms with Crippen LogP contribution in [0.25, 0.3) is 0 Å². The van der Waals surface area contributed by atoms with Crippen molar-refractivity contribution in [1.82, 2.24) is 25.6 Å². The highest BCUT2D eigenvalue weighted by molar-refractivity contribution is 5.79. The van der Waals surface area contributed by atoms with Crippen LogP contribution in [0.3, 0.4) is 0 Å². The van der Waals surface area contributed by atoms with Crippen molar-refractivity contribution in [3.05, 3.63) is 60.2 Å². The van der Waals surface area contributed by atoms with Crippen LogP contribution < -0.4 is 9.80 Å².